The number of benzene rings is 1. The molecule has 3 nitrogen and oxygen atoms in total. The molecule has 0 spiro atoms. The Labute approximate surface area is 108 Å². The molecule has 0 atom stereocenters. The molecular formula is C15H20N2O. The van der Waals surface area contributed by atoms with Gasteiger partial charge in [-0.1, -0.05) is 39.0 Å². The van der Waals surface area contributed by atoms with Gasteiger partial charge >= 0.3 is 0 Å². The van der Waals surface area contributed by atoms with Gasteiger partial charge in [0.25, 0.3) is 5.91 Å². The van der Waals surface area contributed by atoms with Crippen molar-refractivity contribution < 1.29 is 4.79 Å². The third-order valence-corrected chi connectivity index (χ3v) is 3.52. The van der Waals surface area contributed by atoms with Gasteiger partial charge < -0.3 is 10.3 Å². The van der Waals surface area contributed by atoms with Crippen LogP contribution in [0.3, 0.4) is 0 Å². The SMILES string of the molecule is CCC(C)(C)CNC(=O)c1c[nH]c2ccccc12. The standard InChI is InChI=1S/C15H20N2O/c1-4-15(2,3)10-17-14(18)12-9-16-13-8-6-5-7-11(12)13/h5-9,16H,4,10H2,1-3H3,(H,17,18). The van der Waals surface area contributed by atoms with Crippen LogP contribution in [0.5, 0.6) is 0 Å². The predicted molar refractivity (Wildman–Crippen MR) is 74.7 cm³/mol. The fraction of sp³-hybridized carbons (Fsp3) is 0.400. The van der Waals surface area contributed by atoms with E-state index in [-0.39, 0.29) is 11.3 Å². The molecule has 1 aromatic heterocycles. The maximum Gasteiger partial charge on any atom is 0.253 e. The van der Waals surface area contributed by atoms with E-state index in [1.54, 1.807) is 6.20 Å². The van der Waals surface area contributed by atoms with Gasteiger partial charge in [-0.25, -0.2) is 0 Å². The lowest BCUT2D eigenvalue weighted by atomic mass is 9.90. The fourth-order valence-electron chi connectivity index (χ4n) is 1.80. The summed E-state index contributed by atoms with van der Waals surface area (Å²) in [6.07, 6.45) is 2.82. The molecule has 0 saturated heterocycles. The minimum Gasteiger partial charge on any atom is -0.360 e. The second-order valence-corrected chi connectivity index (χ2v) is 5.45. The molecule has 1 amide bonds. The maximum absolute atomic E-state index is 12.2. The Hall–Kier alpha value is -1.77. The van der Waals surface area contributed by atoms with Crippen molar-refractivity contribution in [1.82, 2.24) is 10.3 Å². The Morgan fingerprint density at radius 2 is 2.06 bits per heavy atom. The van der Waals surface area contributed by atoms with Gasteiger partial charge in [0, 0.05) is 23.6 Å². The molecular weight excluding hydrogens is 224 g/mol. The van der Waals surface area contributed by atoms with Gasteiger partial charge in [-0.15, -0.1) is 0 Å². The number of carbonyl (C=O) groups excluding carboxylic acids is 1. The highest BCUT2D eigenvalue weighted by Gasteiger charge is 2.18. The van der Waals surface area contributed by atoms with Crippen LogP contribution < -0.4 is 5.32 Å². The van der Waals surface area contributed by atoms with Crippen LogP contribution in [0, 0.1) is 5.41 Å². The quantitative estimate of drug-likeness (QED) is 0.851. The summed E-state index contributed by atoms with van der Waals surface area (Å²) in [4.78, 5) is 15.3. The smallest absolute Gasteiger partial charge is 0.253 e. The molecule has 18 heavy (non-hydrogen) atoms. The lowest BCUT2D eigenvalue weighted by molar-refractivity contribution is 0.0937. The van der Waals surface area contributed by atoms with Crippen LogP contribution in [0.2, 0.25) is 0 Å². The average molecular weight is 244 g/mol. The Kier molecular flexibility index (Phi) is 3.41. The summed E-state index contributed by atoms with van der Waals surface area (Å²) in [5.41, 5.74) is 1.86. The fourth-order valence-corrected chi connectivity index (χ4v) is 1.80. The molecule has 0 aliphatic carbocycles. The Morgan fingerprint density at radius 3 is 2.78 bits per heavy atom. The first-order valence-corrected chi connectivity index (χ1v) is 6.38. The number of hydrogen-bond acceptors (Lipinski definition) is 1. The Bertz CT molecular complexity index is 554. The summed E-state index contributed by atoms with van der Waals surface area (Å²) in [5, 5.41) is 3.99. The van der Waals surface area contributed by atoms with E-state index in [9.17, 15) is 4.79 Å². The van der Waals surface area contributed by atoms with Gasteiger partial charge in [-0.2, -0.15) is 0 Å². The van der Waals surface area contributed by atoms with E-state index in [1.807, 2.05) is 24.3 Å². The Morgan fingerprint density at radius 1 is 1.33 bits per heavy atom. The molecule has 1 aromatic carbocycles. The minimum atomic E-state index is -0.00558. The molecule has 0 saturated carbocycles. The normalized spacial score (nSPS) is 11.7. The summed E-state index contributed by atoms with van der Waals surface area (Å²) in [6, 6.07) is 7.84. The number of fused-ring (bicyclic) bond motifs is 1. The number of aromatic nitrogens is 1. The zero-order chi connectivity index (χ0) is 13.2. The van der Waals surface area contributed by atoms with Crippen LogP contribution in [0.25, 0.3) is 10.9 Å². The van der Waals surface area contributed by atoms with Gasteiger partial charge in [0.2, 0.25) is 0 Å². The molecule has 2 aromatic rings. The molecule has 0 radical (unpaired) electrons. The highest BCUT2D eigenvalue weighted by molar-refractivity contribution is 6.06. The van der Waals surface area contributed by atoms with Crippen molar-refractivity contribution in [2.45, 2.75) is 27.2 Å². The second kappa shape index (κ2) is 4.84. The van der Waals surface area contributed by atoms with Crippen molar-refractivity contribution in [2.75, 3.05) is 6.54 Å². The summed E-state index contributed by atoms with van der Waals surface area (Å²) in [5.74, 6) is -0.00558. The molecule has 0 unspecified atom stereocenters. The number of hydrogen-bond donors (Lipinski definition) is 2. The number of nitrogens with one attached hydrogen (secondary N) is 2. The monoisotopic (exact) mass is 244 g/mol. The van der Waals surface area contributed by atoms with E-state index in [0.29, 0.717) is 6.54 Å². The van der Waals surface area contributed by atoms with Crippen LogP contribution in [0.1, 0.15) is 37.6 Å². The van der Waals surface area contributed by atoms with Gasteiger partial charge in [0.1, 0.15) is 0 Å². The number of aromatic amines is 1. The minimum absolute atomic E-state index is 0.00558. The predicted octanol–water partition coefficient (Wildman–Crippen LogP) is 3.33. The second-order valence-electron chi connectivity index (χ2n) is 5.45. The van der Waals surface area contributed by atoms with Crippen molar-refractivity contribution in [2.24, 2.45) is 5.41 Å². The van der Waals surface area contributed by atoms with Crippen LogP contribution >= 0.6 is 0 Å². The van der Waals surface area contributed by atoms with Crippen molar-refractivity contribution in [1.29, 1.82) is 0 Å². The van der Waals surface area contributed by atoms with E-state index in [2.05, 4.69) is 31.1 Å². The van der Waals surface area contributed by atoms with E-state index < -0.39 is 0 Å². The molecule has 0 fully saturated rings. The molecule has 2 N–H and O–H groups in total. The van der Waals surface area contributed by atoms with E-state index >= 15 is 0 Å². The van der Waals surface area contributed by atoms with Gasteiger partial charge in [-0.3, -0.25) is 4.79 Å². The third-order valence-electron chi connectivity index (χ3n) is 3.52. The van der Waals surface area contributed by atoms with Crippen molar-refractivity contribution in [3.05, 3.63) is 36.0 Å². The third kappa shape index (κ3) is 2.55. The highest BCUT2D eigenvalue weighted by Crippen LogP contribution is 2.20. The van der Waals surface area contributed by atoms with Crippen molar-refractivity contribution in [3.8, 4) is 0 Å². The maximum atomic E-state index is 12.2. The van der Waals surface area contributed by atoms with Crippen LogP contribution in [0.15, 0.2) is 30.5 Å². The number of amides is 1. The molecule has 96 valence electrons. The number of H-pyrrole nitrogens is 1. The first-order valence-electron chi connectivity index (χ1n) is 6.38. The lowest BCUT2D eigenvalue weighted by Crippen LogP contribution is -2.33. The summed E-state index contributed by atoms with van der Waals surface area (Å²) in [7, 11) is 0. The van der Waals surface area contributed by atoms with Crippen LogP contribution in [0.4, 0.5) is 0 Å². The molecule has 0 aliphatic rings. The van der Waals surface area contributed by atoms with E-state index in [1.165, 1.54) is 0 Å². The number of para-hydroxylation sites is 1. The van der Waals surface area contributed by atoms with Gasteiger partial charge in [-0.05, 0) is 17.9 Å². The number of rotatable bonds is 4. The lowest BCUT2D eigenvalue weighted by Gasteiger charge is -2.22. The average Bonchev–Trinajstić information content (AvgIpc) is 2.80. The summed E-state index contributed by atoms with van der Waals surface area (Å²) < 4.78 is 0. The number of carbonyl (C=O) groups is 1. The molecule has 3 heteroatoms. The van der Waals surface area contributed by atoms with Crippen LogP contribution in [-0.4, -0.2) is 17.4 Å². The zero-order valence-electron chi connectivity index (χ0n) is 11.2. The highest BCUT2D eigenvalue weighted by atomic mass is 16.1. The first-order chi connectivity index (χ1) is 8.53. The van der Waals surface area contributed by atoms with E-state index in [0.717, 1.165) is 22.9 Å². The van der Waals surface area contributed by atoms with E-state index in [4.69, 9.17) is 0 Å². The molecule has 0 bridgehead atoms. The van der Waals surface area contributed by atoms with Gasteiger partial charge in [0.05, 0.1) is 5.56 Å². The molecule has 2 rings (SSSR count). The van der Waals surface area contributed by atoms with Crippen LogP contribution in [-0.2, 0) is 0 Å². The summed E-state index contributed by atoms with van der Waals surface area (Å²) in [6.45, 7) is 7.14. The molecule has 0 aliphatic heterocycles. The van der Waals surface area contributed by atoms with Crippen molar-refractivity contribution in [3.63, 3.8) is 0 Å². The largest absolute Gasteiger partial charge is 0.360 e. The zero-order valence-corrected chi connectivity index (χ0v) is 11.2. The Balaban J connectivity index is 2.14. The van der Waals surface area contributed by atoms with Gasteiger partial charge in [0.15, 0.2) is 0 Å². The molecule has 1 heterocycles. The topological polar surface area (TPSA) is 44.9 Å². The first kappa shape index (κ1) is 12.7. The summed E-state index contributed by atoms with van der Waals surface area (Å²) >= 11 is 0. The van der Waals surface area contributed by atoms with Crippen molar-refractivity contribution >= 4 is 16.8 Å².